The summed E-state index contributed by atoms with van der Waals surface area (Å²) in [5, 5.41) is 12.3. The van der Waals surface area contributed by atoms with Gasteiger partial charge in [0.05, 0.1) is 12.1 Å². The molecule has 1 fully saturated rings. The zero-order valence-electron chi connectivity index (χ0n) is 16.5. The van der Waals surface area contributed by atoms with Crippen LogP contribution in [0.4, 0.5) is 23.7 Å². The van der Waals surface area contributed by atoms with Crippen LogP contribution in [0.1, 0.15) is 12.5 Å². The Labute approximate surface area is 171 Å². The van der Waals surface area contributed by atoms with Gasteiger partial charge in [0.15, 0.2) is 11.4 Å². The highest BCUT2D eigenvalue weighted by Crippen LogP contribution is 2.33. The number of ketones is 1. The third-order valence-corrected chi connectivity index (χ3v) is 5.46. The van der Waals surface area contributed by atoms with Crippen molar-refractivity contribution in [3.8, 4) is 11.1 Å². The first-order valence-electron chi connectivity index (χ1n) is 9.31. The van der Waals surface area contributed by atoms with Crippen LogP contribution in [-0.4, -0.2) is 54.2 Å². The minimum Gasteiger partial charge on any atom is -0.465 e. The van der Waals surface area contributed by atoms with Crippen LogP contribution in [0.5, 0.6) is 0 Å². The van der Waals surface area contributed by atoms with Crippen LogP contribution in [0.25, 0.3) is 11.1 Å². The maximum Gasteiger partial charge on any atom is 0.416 e. The highest BCUT2D eigenvalue weighted by atomic mass is 19.4. The predicted molar refractivity (Wildman–Crippen MR) is 106 cm³/mol. The summed E-state index contributed by atoms with van der Waals surface area (Å²) in [4.78, 5) is 26.9. The van der Waals surface area contributed by atoms with Gasteiger partial charge in [-0.25, -0.2) is 4.79 Å². The molecule has 2 aromatic carbocycles. The highest BCUT2D eigenvalue weighted by molar-refractivity contribution is 5.90. The van der Waals surface area contributed by atoms with Crippen molar-refractivity contribution in [2.45, 2.75) is 18.8 Å². The second kappa shape index (κ2) is 7.98. The molecule has 0 saturated carbocycles. The van der Waals surface area contributed by atoms with E-state index in [-0.39, 0.29) is 18.9 Å². The SMILES string of the molecule is CNC1(C(C)=O)CN(c2ccc(-c3cccc(C(F)(F)F)c3)cc2)CCN1C(=O)O. The number of piperazine rings is 1. The van der Waals surface area contributed by atoms with Crippen molar-refractivity contribution in [1.29, 1.82) is 0 Å². The molecule has 1 aliphatic heterocycles. The molecule has 9 heteroatoms. The Morgan fingerprint density at radius 2 is 1.73 bits per heavy atom. The van der Waals surface area contributed by atoms with Gasteiger partial charge in [0, 0.05) is 18.8 Å². The van der Waals surface area contributed by atoms with Gasteiger partial charge in [-0.15, -0.1) is 0 Å². The van der Waals surface area contributed by atoms with E-state index >= 15 is 0 Å². The molecule has 1 atom stereocenters. The third kappa shape index (κ3) is 3.97. The van der Waals surface area contributed by atoms with Crippen molar-refractivity contribution in [1.82, 2.24) is 10.2 Å². The van der Waals surface area contributed by atoms with Crippen molar-refractivity contribution >= 4 is 17.6 Å². The lowest BCUT2D eigenvalue weighted by Crippen LogP contribution is -2.73. The van der Waals surface area contributed by atoms with Crippen molar-refractivity contribution in [3.05, 3.63) is 54.1 Å². The number of Topliss-reactive ketones (excluding diaryl/α,β-unsaturated/α-hetero) is 1. The lowest BCUT2D eigenvalue weighted by molar-refractivity contribution is -0.137. The molecular formula is C21H22F3N3O3. The van der Waals surface area contributed by atoms with Crippen LogP contribution >= 0.6 is 0 Å². The Morgan fingerprint density at radius 1 is 1.07 bits per heavy atom. The second-order valence-corrected chi connectivity index (χ2v) is 7.15. The average Bonchev–Trinajstić information content (AvgIpc) is 2.72. The molecule has 3 rings (SSSR count). The molecule has 1 saturated heterocycles. The number of carbonyl (C=O) groups excluding carboxylic acids is 1. The molecular weight excluding hydrogens is 399 g/mol. The van der Waals surface area contributed by atoms with Crippen molar-refractivity contribution < 1.29 is 27.9 Å². The highest BCUT2D eigenvalue weighted by Gasteiger charge is 2.47. The Hall–Kier alpha value is -3.07. The van der Waals surface area contributed by atoms with E-state index in [2.05, 4.69) is 5.32 Å². The number of hydrogen-bond donors (Lipinski definition) is 2. The number of amides is 1. The minimum absolute atomic E-state index is 0.119. The first-order valence-corrected chi connectivity index (χ1v) is 9.31. The Bertz CT molecular complexity index is 947. The lowest BCUT2D eigenvalue weighted by Gasteiger charge is -2.48. The zero-order valence-corrected chi connectivity index (χ0v) is 16.5. The number of nitrogens with one attached hydrogen (secondary N) is 1. The predicted octanol–water partition coefficient (Wildman–Crippen LogP) is 3.68. The number of likely N-dealkylation sites (N-methyl/N-ethyl adjacent to an activating group) is 1. The third-order valence-electron chi connectivity index (χ3n) is 5.46. The van der Waals surface area contributed by atoms with E-state index in [9.17, 15) is 27.9 Å². The number of halogens is 3. The number of nitrogens with zero attached hydrogens (tertiary/aromatic N) is 2. The molecule has 0 bridgehead atoms. The molecule has 1 unspecified atom stereocenters. The molecule has 2 N–H and O–H groups in total. The molecule has 160 valence electrons. The van der Waals surface area contributed by atoms with Gasteiger partial charge in [-0.1, -0.05) is 24.3 Å². The summed E-state index contributed by atoms with van der Waals surface area (Å²) >= 11 is 0. The summed E-state index contributed by atoms with van der Waals surface area (Å²) in [7, 11) is 1.54. The van der Waals surface area contributed by atoms with Crippen molar-refractivity contribution in [2.75, 3.05) is 31.6 Å². The largest absolute Gasteiger partial charge is 0.465 e. The molecule has 0 spiro atoms. The second-order valence-electron chi connectivity index (χ2n) is 7.15. The molecule has 1 aliphatic rings. The van der Waals surface area contributed by atoms with Crippen molar-refractivity contribution in [3.63, 3.8) is 0 Å². The van der Waals surface area contributed by atoms with E-state index in [1.54, 1.807) is 30.3 Å². The molecule has 6 nitrogen and oxygen atoms in total. The number of benzene rings is 2. The summed E-state index contributed by atoms with van der Waals surface area (Å²) in [5.41, 5.74) is -0.268. The van der Waals surface area contributed by atoms with Crippen LogP contribution < -0.4 is 10.2 Å². The fraction of sp³-hybridized carbons (Fsp3) is 0.333. The number of hydrogen-bond acceptors (Lipinski definition) is 4. The van der Waals surface area contributed by atoms with Gasteiger partial charge in [-0.3, -0.25) is 15.0 Å². The van der Waals surface area contributed by atoms with Crippen molar-refractivity contribution in [2.24, 2.45) is 0 Å². The van der Waals surface area contributed by atoms with E-state index in [0.717, 1.165) is 22.7 Å². The maximum absolute atomic E-state index is 13.0. The number of carboxylic acid groups (broad SMARTS) is 1. The summed E-state index contributed by atoms with van der Waals surface area (Å²) < 4.78 is 38.9. The van der Waals surface area contributed by atoms with Crippen LogP contribution in [0.3, 0.4) is 0 Å². The fourth-order valence-electron chi connectivity index (χ4n) is 3.76. The summed E-state index contributed by atoms with van der Waals surface area (Å²) in [6, 6.07) is 12.0. The molecule has 0 aromatic heterocycles. The van der Waals surface area contributed by atoms with Gasteiger partial charge >= 0.3 is 12.3 Å². The average molecular weight is 421 g/mol. The molecule has 30 heavy (non-hydrogen) atoms. The fourth-order valence-corrected chi connectivity index (χ4v) is 3.76. The van der Waals surface area contributed by atoms with Crippen LogP contribution in [-0.2, 0) is 11.0 Å². The van der Waals surface area contributed by atoms with E-state index in [1.807, 2.05) is 4.90 Å². The molecule has 1 amide bonds. The van der Waals surface area contributed by atoms with Gasteiger partial charge in [-0.2, -0.15) is 13.2 Å². The van der Waals surface area contributed by atoms with Gasteiger partial charge in [0.25, 0.3) is 0 Å². The maximum atomic E-state index is 13.0. The molecule has 1 heterocycles. The minimum atomic E-state index is -4.41. The van der Waals surface area contributed by atoms with Gasteiger partial charge in [-0.05, 0) is 49.4 Å². The Kier molecular flexibility index (Phi) is 5.76. The zero-order chi connectivity index (χ0) is 22.1. The molecule has 0 radical (unpaired) electrons. The first-order chi connectivity index (χ1) is 14.1. The first kappa shape index (κ1) is 21.6. The topological polar surface area (TPSA) is 72.9 Å². The smallest absolute Gasteiger partial charge is 0.416 e. The van der Waals surface area contributed by atoms with E-state index in [4.69, 9.17) is 0 Å². The monoisotopic (exact) mass is 421 g/mol. The van der Waals surface area contributed by atoms with Gasteiger partial charge in [0.2, 0.25) is 0 Å². The number of carbonyl (C=O) groups is 2. The van der Waals surface area contributed by atoms with Crippen LogP contribution in [0, 0.1) is 0 Å². The normalized spacial score (nSPS) is 19.6. The molecule has 2 aromatic rings. The van der Waals surface area contributed by atoms with Gasteiger partial charge in [0.1, 0.15) is 0 Å². The lowest BCUT2D eigenvalue weighted by atomic mass is 9.98. The number of anilines is 1. The van der Waals surface area contributed by atoms with Crippen LogP contribution in [0.15, 0.2) is 48.5 Å². The van der Waals surface area contributed by atoms with E-state index < -0.39 is 23.5 Å². The Balaban J connectivity index is 1.87. The van der Waals surface area contributed by atoms with E-state index in [1.165, 1.54) is 20.0 Å². The summed E-state index contributed by atoms with van der Waals surface area (Å²) in [5.74, 6) is -0.322. The van der Waals surface area contributed by atoms with Gasteiger partial charge < -0.3 is 10.0 Å². The number of rotatable bonds is 4. The standard InChI is InChI=1S/C21H22F3N3O3/c1-14(28)20(25-2)13-26(10-11-27(20)19(29)30)18-8-6-15(7-9-18)16-4-3-5-17(12-16)21(22,23)24/h3-9,12,25H,10-11,13H2,1-2H3,(H,29,30). The molecule has 0 aliphatic carbocycles. The van der Waals surface area contributed by atoms with E-state index in [0.29, 0.717) is 17.7 Å². The van der Waals surface area contributed by atoms with Crippen LogP contribution in [0.2, 0.25) is 0 Å². The summed E-state index contributed by atoms with van der Waals surface area (Å²) in [6.07, 6.45) is -5.60. The summed E-state index contributed by atoms with van der Waals surface area (Å²) in [6.45, 7) is 1.97. The quantitative estimate of drug-likeness (QED) is 0.788. The Morgan fingerprint density at radius 3 is 2.27 bits per heavy atom. The number of alkyl halides is 3.